The molecule has 170 valence electrons. The zero-order chi connectivity index (χ0) is 22.3. The van der Waals surface area contributed by atoms with E-state index in [1.807, 2.05) is 19.1 Å². The summed E-state index contributed by atoms with van der Waals surface area (Å²) in [4.78, 5) is 25.8. The third kappa shape index (κ3) is 5.63. The van der Waals surface area contributed by atoms with Crippen LogP contribution in [0.4, 0.5) is 5.82 Å². The van der Waals surface area contributed by atoms with Crippen molar-refractivity contribution in [3.8, 4) is 0 Å². The molecular formula is C24H32N6O2. The third-order valence-electron chi connectivity index (χ3n) is 5.95. The van der Waals surface area contributed by atoms with Gasteiger partial charge in [-0.2, -0.15) is 0 Å². The summed E-state index contributed by atoms with van der Waals surface area (Å²) in [5.74, 6) is 1.32. The number of rotatable bonds is 6. The molecule has 0 bridgehead atoms. The van der Waals surface area contributed by atoms with Crippen molar-refractivity contribution >= 4 is 17.7 Å². The molecule has 0 saturated carbocycles. The maximum absolute atomic E-state index is 12.3. The molecule has 2 aromatic rings. The predicted molar refractivity (Wildman–Crippen MR) is 126 cm³/mol. The van der Waals surface area contributed by atoms with Gasteiger partial charge in [0.2, 0.25) is 5.91 Å². The average Bonchev–Trinajstić information content (AvgIpc) is 3.23. The molecule has 0 radical (unpaired) electrons. The number of likely N-dealkylation sites (tertiary alicyclic amines) is 1. The molecule has 1 aromatic carbocycles. The SMILES string of the molecule is CN=C(NCCC(=O)Nc1cccc(C)n1)N1CC2OCCN(Cc3ccccc3)C2C1. The molecular weight excluding hydrogens is 404 g/mol. The highest BCUT2D eigenvalue weighted by molar-refractivity contribution is 5.90. The summed E-state index contributed by atoms with van der Waals surface area (Å²) in [7, 11) is 1.78. The highest BCUT2D eigenvalue weighted by Gasteiger charge is 2.41. The van der Waals surface area contributed by atoms with Crippen molar-refractivity contribution in [2.45, 2.75) is 32.0 Å². The number of anilines is 1. The summed E-state index contributed by atoms with van der Waals surface area (Å²) in [6, 6.07) is 16.5. The van der Waals surface area contributed by atoms with E-state index in [0.29, 0.717) is 24.8 Å². The number of nitrogens with zero attached hydrogens (tertiary/aromatic N) is 4. The zero-order valence-corrected chi connectivity index (χ0v) is 18.8. The Hall–Kier alpha value is -2.97. The summed E-state index contributed by atoms with van der Waals surface area (Å²) in [5, 5.41) is 6.18. The van der Waals surface area contributed by atoms with E-state index in [1.54, 1.807) is 13.1 Å². The number of aryl methyl sites for hydroxylation is 1. The van der Waals surface area contributed by atoms with Crippen molar-refractivity contribution in [3.05, 3.63) is 59.8 Å². The van der Waals surface area contributed by atoms with Crippen LogP contribution in [0.25, 0.3) is 0 Å². The lowest BCUT2D eigenvalue weighted by molar-refractivity contribution is -0.116. The standard InChI is InChI=1S/C24H32N6O2/c1-18-7-6-10-22(27-18)28-23(31)11-12-26-24(25-2)30-16-20-21(17-30)32-14-13-29(20)15-19-8-4-3-5-9-19/h3-10,20-21H,11-17H2,1-2H3,(H,25,26)(H,27,28,31). The molecule has 4 rings (SSSR count). The molecule has 0 aliphatic carbocycles. The van der Waals surface area contributed by atoms with E-state index >= 15 is 0 Å². The van der Waals surface area contributed by atoms with Crippen LogP contribution in [-0.2, 0) is 16.1 Å². The lowest BCUT2D eigenvalue weighted by Crippen LogP contribution is -2.50. The number of benzene rings is 1. The van der Waals surface area contributed by atoms with Crippen molar-refractivity contribution in [2.24, 2.45) is 4.99 Å². The lowest BCUT2D eigenvalue weighted by Gasteiger charge is -2.36. The van der Waals surface area contributed by atoms with Gasteiger partial charge in [-0.1, -0.05) is 36.4 Å². The number of guanidine groups is 1. The number of hydrogen-bond donors (Lipinski definition) is 2. The van der Waals surface area contributed by atoms with Crippen LogP contribution < -0.4 is 10.6 Å². The largest absolute Gasteiger partial charge is 0.373 e. The van der Waals surface area contributed by atoms with Crippen LogP contribution in [-0.4, -0.2) is 78.6 Å². The van der Waals surface area contributed by atoms with Crippen LogP contribution in [0, 0.1) is 6.92 Å². The fourth-order valence-electron chi connectivity index (χ4n) is 4.38. The van der Waals surface area contributed by atoms with E-state index in [2.05, 4.69) is 60.7 Å². The molecule has 2 unspecified atom stereocenters. The summed E-state index contributed by atoms with van der Waals surface area (Å²) < 4.78 is 6.08. The quantitative estimate of drug-likeness (QED) is 0.532. The number of ether oxygens (including phenoxy) is 1. The highest BCUT2D eigenvalue weighted by atomic mass is 16.5. The molecule has 2 aliphatic rings. The first-order valence-corrected chi connectivity index (χ1v) is 11.2. The fraction of sp³-hybridized carbons (Fsp3) is 0.458. The number of carbonyl (C=O) groups is 1. The van der Waals surface area contributed by atoms with Gasteiger partial charge in [-0.15, -0.1) is 0 Å². The number of pyridine rings is 1. The maximum atomic E-state index is 12.3. The molecule has 0 spiro atoms. The second-order valence-corrected chi connectivity index (χ2v) is 8.27. The Morgan fingerprint density at radius 3 is 2.81 bits per heavy atom. The zero-order valence-electron chi connectivity index (χ0n) is 18.8. The van der Waals surface area contributed by atoms with Gasteiger partial charge < -0.3 is 20.3 Å². The van der Waals surface area contributed by atoms with Gasteiger partial charge in [-0.25, -0.2) is 4.98 Å². The Morgan fingerprint density at radius 1 is 1.19 bits per heavy atom. The molecule has 2 atom stereocenters. The van der Waals surface area contributed by atoms with Crippen LogP contribution in [0.5, 0.6) is 0 Å². The number of hydrogen-bond acceptors (Lipinski definition) is 5. The molecule has 1 amide bonds. The van der Waals surface area contributed by atoms with Gasteiger partial charge in [0.1, 0.15) is 5.82 Å². The lowest BCUT2D eigenvalue weighted by atomic mass is 10.1. The summed E-state index contributed by atoms with van der Waals surface area (Å²) in [6.07, 6.45) is 0.508. The first-order chi connectivity index (χ1) is 15.6. The van der Waals surface area contributed by atoms with Gasteiger partial charge in [-0.05, 0) is 24.6 Å². The minimum absolute atomic E-state index is 0.0708. The van der Waals surface area contributed by atoms with Gasteiger partial charge in [0.25, 0.3) is 0 Å². The van der Waals surface area contributed by atoms with Crippen molar-refractivity contribution in [1.29, 1.82) is 0 Å². The minimum atomic E-state index is -0.0708. The summed E-state index contributed by atoms with van der Waals surface area (Å²) >= 11 is 0. The fourth-order valence-corrected chi connectivity index (χ4v) is 4.38. The first-order valence-electron chi connectivity index (χ1n) is 11.2. The number of aliphatic imine (C=N–C) groups is 1. The summed E-state index contributed by atoms with van der Waals surface area (Å²) in [5.41, 5.74) is 2.20. The summed E-state index contributed by atoms with van der Waals surface area (Å²) in [6.45, 7) is 6.68. The normalized spacial score (nSPS) is 21.3. The van der Waals surface area contributed by atoms with Crippen LogP contribution in [0.15, 0.2) is 53.5 Å². The van der Waals surface area contributed by atoms with Crippen LogP contribution >= 0.6 is 0 Å². The molecule has 2 saturated heterocycles. The van der Waals surface area contributed by atoms with E-state index in [9.17, 15) is 4.79 Å². The highest BCUT2D eigenvalue weighted by Crippen LogP contribution is 2.24. The molecule has 2 fully saturated rings. The van der Waals surface area contributed by atoms with E-state index in [-0.39, 0.29) is 12.0 Å². The van der Waals surface area contributed by atoms with E-state index in [1.165, 1.54) is 5.56 Å². The van der Waals surface area contributed by atoms with Crippen LogP contribution in [0.2, 0.25) is 0 Å². The molecule has 1 aromatic heterocycles. The minimum Gasteiger partial charge on any atom is -0.373 e. The Balaban J connectivity index is 1.27. The number of amides is 1. The molecule has 3 heterocycles. The smallest absolute Gasteiger partial charge is 0.227 e. The molecule has 32 heavy (non-hydrogen) atoms. The van der Waals surface area contributed by atoms with Gasteiger partial charge in [0.05, 0.1) is 18.8 Å². The van der Waals surface area contributed by atoms with Crippen molar-refractivity contribution in [1.82, 2.24) is 20.1 Å². The molecule has 2 aliphatic heterocycles. The van der Waals surface area contributed by atoms with E-state index in [0.717, 1.165) is 44.4 Å². The molecule has 8 nitrogen and oxygen atoms in total. The van der Waals surface area contributed by atoms with E-state index in [4.69, 9.17) is 4.74 Å². The predicted octanol–water partition coefficient (Wildman–Crippen LogP) is 1.88. The first kappa shape index (κ1) is 22.2. The average molecular weight is 437 g/mol. The number of aromatic nitrogens is 1. The number of morpholine rings is 1. The monoisotopic (exact) mass is 436 g/mol. The van der Waals surface area contributed by atoms with Crippen LogP contribution in [0.1, 0.15) is 17.7 Å². The Morgan fingerprint density at radius 2 is 2.03 bits per heavy atom. The maximum Gasteiger partial charge on any atom is 0.227 e. The second kappa shape index (κ2) is 10.6. The van der Waals surface area contributed by atoms with Crippen molar-refractivity contribution in [2.75, 3.05) is 45.2 Å². The van der Waals surface area contributed by atoms with Crippen LogP contribution in [0.3, 0.4) is 0 Å². The topological polar surface area (TPSA) is 82.1 Å². The number of nitrogens with one attached hydrogen (secondary N) is 2. The Labute approximate surface area is 189 Å². The van der Waals surface area contributed by atoms with Crippen molar-refractivity contribution in [3.63, 3.8) is 0 Å². The molecule has 8 heteroatoms. The second-order valence-electron chi connectivity index (χ2n) is 8.27. The van der Waals surface area contributed by atoms with Gasteiger partial charge in [-0.3, -0.25) is 14.7 Å². The van der Waals surface area contributed by atoms with Gasteiger partial charge in [0.15, 0.2) is 5.96 Å². The Bertz CT molecular complexity index is 935. The van der Waals surface area contributed by atoms with Gasteiger partial charge >= 0.3 is 0 Å². The van der Waals surface area contributed by atoms with Gasteiger partial charge in [0, 0.05) is 51.9 Å². The van der Waals surface area contributed by atoms with E-state index < -0.39 is 0 Å². The Kier molecular flexibility index (Phi) is 7.34. The number of fused-ring (bicyclic) bond motifs is 1. The van der Waals surface area contributed by atoms with Crippen molar-refractivity contribution < 1.29 is 9.53 Å². The number of carbonyl (C=O) groups excluding carboxylic acids is 1. The molecule has 2 N–H and O–H groups in total. The third-order valence-corrected chi connectivity index (χ3v) is 5.95.